The molecule has 1 atom stereocenters. The van der Waals surface area contributed by atoms with Crippen LogP contribution >= 0.6 is 0 Å². The number of amides is 1. The highest BCUT2D eigenvalue weighted by atomic mass is 16.2. The maximum absolute atomic E-state index is 12.3. The van der Waals surface area contributed by atoms with E-state index in [1.54, 1.807) is 6.07 Å². The molecule has 3 rings (SSSR count). The Hall–Kier alpha value is -2.36. The second-order valence-corrected chi connectivity index (χ2v) is 6.03. The van der Waals surface area contributed by atoms with Crippen LogP contribution in [0.25, 0.3) is 0 Å². The zero-order valence-corrected chi connectivity index (χ0v) is 12.7. The summed E-state index contributed by atoms with van der Waals surface area (Å²) < 4.78 is 0. The maximum atomic E-state index is 12.3. The maximum Gasteiger partial charge on any atom is 0.261 e. The quantitative estimate of drug-likeness (QED) is 0.914. The smallest absolute Gasteiger partial charge is 0.261 e. The lowest BCUT2D eigenvalue weighted by Crippen LogP contribution is -2.31. The molecule has 0 aliphatic heterocycles. The van der Waals surface area contributed by atoms with Crippen LogP contribution in [-0.4, -0.2) is 10.9 Å². The van der Waals surface area contributed by atoms with Gasteiger partial charge in [0, 0.05) is 12.2 Å². The third-order valence-corrected chi connectivity index (χ3v) is 4.21. The Labute approximate surface area is 129 Å². The van der Waals surface area contributed by atoms with Crippen LogP contribution in [-0.2, 0) is 19.4 Å². The van der Waals surface area contributed by atoms with E-state index in [4.69, 9.17) is 0 Å². The van der Waals surface area contributed by atoms with Crippen molar-refractivity contribution < 1.29 is 4.79 Å². The lowest BCUT2D eigenvalue weighted by atomic mass is 9.87. The van der Waals surface area contributed by atoms with E-state index in [2.05, 4.69) is 17.2 Å². The van der Waals surface area contributed by atoms with Crippen molar-refractivity contribution in [1.82, 2.24) is 10.3 Å². The molecule has 1 aromatic carbocycles. The molecule has 1 aliphatic carbocycles. The minimum Gasteiger partial charge on any atom is -0.348 e. The van der Waals surface area contributed by atoms with Gasteiger partial charge in [-0.1, -0.05) is 37.3 Å². The number of rotatable bonds is 3. The van der Waals surface area contributed by atoms with Gasteiger partial charge in [-0.15, -0.1) is 0 Å². The van der Waals surface area contributed by atoms with Crippen LogP contribution in [0.15, 0.2) is 41.2 Å². The van der Waals surface area contributed by atoms with Crippen molar-refractivity contribution >= 4 is 5.91 Å². The fraction of sp³-hybridized carbons (Fsp3) is 0.333. The van der Waals surface area contributed by atoms with E-state index in [-0.39, 0.29) is 17.0 Å². The summed E-state index contributed by atoms with van der Waals surface area (Å²) in [5.74, 6) is 0.282. The van der Waals surface area contributed by atoms with Gasteiger partial charge in [-0.25, -0.2) is 0 Å². The molecule has 1 aromatic heterocycles. The summed E-state index contributed by atoms with van der Waals surface area (Å²) in [6.07, 6.45) is 2.89. The van der Waals surface area contributed by atoms with Crippen LogP contribution in [0.5, 0.6) is 0 Å². The second-order valence-electron chi connectivity index (χ2n) is 6.03. The van der Waals surface area contributed by atoms with Crippen molar-refractivity contribution in [2.24, 2.45) is 5.92 Å². The number of aromatic amines is 1. The first-order chi connectivity index (χ1) is 10.6. The molecule has 114 valence electrons. The van der Waals surface area contributed by atoms with Gasteiger partial charge < -0.3 is 10.3 Å². The third-order valence-electron chi connectivity index (χ3n) is 4.21. The Kier molecular flexibility index (Phi) is 4.09. The molecule has 0 bridgehead atoms. The summed E-state index contributed by atoms with van der Waals surface area (Å²) in [7, 11) is 0. The molecule has 4 nitrogen and oxygen atoms in total. The number of hydrogen-bond acceptors (Lipinski definition) is 2. The van der Waals surface area contributed by atoms with Gasteiger partial charge in [0.15, 0.2) is 0 Å². The molecular weight excluding hydrogens is 276 g/mol. The summed E-state index contributed by atoms with van der Waals surface area (Å²) in [5.41, 5.74) is 3.02. The molecule has 0 saturated heterocycles. The number of H-pyrrole nitrogens is 1. The lowest BCUT2D eigenvalue weighted by Gasteiger charge is -2.21. The summed E-state index contributed by atoms with van der Waals surface area (Å²) >= 11 is 0. The zero-order chi connectivity index (χ0) is 15.5. The fourth-order valence-corrected chi connectivity index (χ4v) is 2.93. The highest BCUT2D eigenvalue weighted by molar-refractivity contribution is 5.94. The number of carbonyl (C=O) groups excluding carboxylic acids is 1. The zero-order valence-electron chi connectivity index (χ0n) is 12.7. The van der Waals surface area contributed by atoms with Crippen molar-refractivity contribution in [2.75, 3.05) is 0 Å². The Morgan fingerprint density at radius 2 is 2.09 bits per heavy atom. The van der Waals surface area contributed by atoms with Crippen LogP contribution in [0.1, 0.15) is 40.5 Å². The van der Waals surface area contributed by atoms with Crippen LogP contribution < -0.4 is 10.9 Å². The van der Waals surface area contributed by atoms with E-state index in [1.807, 2.05) is 30.3 Å². The number of nitrogens with one attached hydrogen (secondary N) is 2. The molecule has 1 heterocycles. The largest absolute Gasteiger partial charge is 0.348 e. The standard InChI is InChI=1S/C18H20N2O2/c1-12-7-8-16-14(9-12)10-15(18(22)20-16)17(21)19-11-13-5-3-2-4-6-13/h2-6,10,12H,7-9,11H2,1H3,(H,19,21)(H,20,22). The Bertz CT molecular complexity index is 734. The van der Waals surface area contributed by atoms with Gasteiger partial charge >= 0.3 is 0 Å². The number of benzene rings is 1. The molecule has 0 radical (unpaired) electrons. The van der Waals surface area contributed by atoms with Crippen LogP contribution in [0, 0.1) is 5.92 Å². The molecule has 1 unspecified atom stereocenters. The van der Waals surface area contributed by atoms with Crippen molar-refractivity contribution in [1.29, 1.82) is 0 Å². The molecule has 4 heteroatoms. The number of hydrogen-bond donors (Lipinski definition) is 2. The van der Waals surface area contributed by atoms with Gasteiger partial charge in [0.05, 0.1) is 0 Å². The summed E-state index contributed by atoms with van der Waals surface area (Å²) in [6, 6.07) is 11.4. The normalized spacial score (nSPS) is 16.9. The van der Waals surface area contributed by atoms with Crippen molar-refractivity contribution in [3.8, 4) is 0 Å². The Balaban J connectivity index is 1.78. The molecule has 0 saturated carbocycles. The van der Waals surface area contributed by atoms with E-state index in [9.17, 15) is 9.59 Å². The van der Waals surface area contributed by atoms with Crippen LogP contribution in [0.4, 0.5) is 0 Å². The topological polar surface area (TPSA) is 62.0 Å². The third kappa shape index (κ3) is 3.11. The minimum absolute atomic E-state index is 0.212. The van der Waals surface area contributed by atoms with Gasteiger partial charge in [-0.3, -0.25) is 9.59 Å². The molecule has 2 aromatic rings. The predicted molar refractivity (Wildman–Crippen MR) is 85.9 cm³/mol. The number of pyridine rings is 1. The second kappa shape index (κ2) is 6.18. The average molecular weight is 296 g/mol. The van der Waals surface area contributed by atoms with Crippen molar-refractivity contribution in [2.45, 2.75) is 32.7 Å². The Morgan fingerprint density at radius 1 is 1.32 bits per heavy atom. The van der Waals surface area contributed by atoms with Gasteiger partial charge in [0.25, 0.3) is 11.5 Å². The van der Waals surface area contributed by atoms with Gasteiger partial charge in [-0.05, 0) is 42.4 Å². The summed E-state index contributed by atoms with van der Waals surface area (Å²) in [5, 5.41) is 2.82. The predicted octanol–water partition coefficient (Wildman–Crippen LogP) is 2.43. The summed E-state index contributed by atoms with van der Waals surface area (Å²) in [6.45, 7) is 2.62. The van der Waals surface area contributed by atoms with Crippen LogP contribution in [0.2, 0.25) is 0 Å². The van der Waals surface area contributed by atoms with Crippen molar-refractivity contribution in [3.63, 3.8) is 0 Å². The van der Waals surface area contributed by atoms with E-state index >= 15 is 0 Å². The minimum atomic E-state index is -0.314. The number of aromatic nitrogens is 1. The monoisotopic (exact) mass is 296 g/mol. The molecule has 0 fully saturated rings. The molecule has 2 N–H and O–H groups in total. The Morgan fingerprint density at radius 3 is 2.86 bits per heavy atom. The molecule has 1 amide bonds. The van der Waals surface area contributed by atoms with Crippen LogP contribution in [0.3, 0.4) is 0 Å². The first-order valence-corrected chi connectivity index (χ1v) is 7.70. The SMILES string of the molecule is CC1CCc2[nH]c(=O)c(C(=O)NCc3ccccc3)cc2C1. The molecule has 22 heavy (non-hydrogen) atoms. The highest BCUT2D eigenvalue weighted by Gasteiger charge is 2.19. The summed E-state index contributed by atoms with van der Waals surface area (Å²) in [4.78, 5) is 27.3. The van der Waals surface area contributed by atoms with Gasteiger partial charge in [-0.2, -0.15) is 0 Å². The van der Waals surface area contributed by atoms with Gasteiger partial charge in [0.2, 0.25) is 0 Å². The first kappa shape index (κ1) is 14.6. The number of carbonyl (C=O) groups is 1. The lowest BCUT2D eigenvalue weighted by molar-refractivity contribution is 0.0949. The van der Waals surface area contributed by atoms with E-state index in [0.29, 0.717) is 12.5 Å². The van der Waals surface area contributed by atoms with Gasteiger partial charge in [0.1, 0.15) is 5.56 Å². The average Bonchev–Trinajstić information content (AvgIpc) is 2.53. The first-order valence-electron chi connectivity index (χ1n) is 7.70. The van der Waals surface area contributed by atoms with E-state index < -0.39 is 0 Å². The molecule has 1 aliphatic rings. The number of fused-ring (bicyclic) bond motifs is 1. The molecule has 0 spiro atoms. The fourth-order valence-electron chi connectivity index (χ4n) is 2.93. The van der Waals surface area contributed by atoms with E-state index in [0.717, 1.165) is 36.1 Å². The highest BCUT2D eigenvalue weighted by Crippen LogP contribution is 2.23. The number of aryl methyl sites for hydroxylation is 1. The van der Waals surface area contributed by atoms with Crippen molar-refractivity contribution in [3.05, 3.63) is 69.1 Å². The molecular formula is C18H20N2O2. The van der Waals surface area contributed by atoms with E-state index in [1.165, 1.54) is 0 Å².